The average Bonchev–Trinajstić information content (AvgIpc) is 2.52. The third-order valence-corrected chi connectivity index (χ3v) is 3.05. The predicted molar refractivity (Wildman–Crippen MR) is 62.0 cm³/mol. The Bertz CT molecular complexity index is 547. The molecular formula is C10H10F3N3S. The number of nitrogens with two attached hydrogens (primary N) is 1. The molecule has 2 aromatic rings. The molecule has 0 saturated heterocycles. The van der Waals surface area contributed by atoms with Crippen LogP contribution in [0.1, 0.15) is 0 Å². The van der Waals surface area contributed by atoms with E-state index in [9.17, 15) is 13.2 Å². The molecule has 0 aliphatic carbocycles. The van der Waals surface area contributed by atoms with E-state index >= 15 is 0 Å². The summed E-state index contributed by atoms with van der Waals surface area (Å²) in [5, 5.41) is 0. The van der Waals surface area contributed by atoms with Crippen LogP contribution in [0.3, 0.4) is 0 Å². The number of aromatic nitrogens is 2. The van der Waals surface area contributed by atoms with Gasteiger partial charge in [-0.25, -0.2) is 4.98 Å². The van der Waals surface area contributed by atoms with Gasteiger partial charge in [-0.05, 0) is 24.5 Å². The summed E-state index contributed by atoms with van der Waals surface area (Å²) >= 11 is 1.50. The van der Waals surface area contributed by atoms with Gasteiger partial charge in [0, 0.05) is 4.90 Å². The first kappa shape index (κ1) is 12.1. The van der Waals surface area contributed by atoms with Crippen LogP contribution in [0.2, 0.25) is 0 Å². The second-order valence-electron chi connectivity index (χ2n) is 3.53. The summed E-state index contributed by atoms with van der Waals surface area (Å²) in [6.45, 7) is -1.12. The molecule has 1 aromatic heterocycles. The van der Waals surface area contributed by atoms with E-state index in [4.69, 9.17) is 5.73 Å². The van der Waals surface area contributed by atoms with Gasteiger partial charge in [-0.15, -0.1) is 11.8 Å². The Balaban J connectivity index is 2.52. The van der Waals surface area contributed by atoms with Crippen molar-refractivity contribution in [2.75, 3.05) is 12.0 Å². The van der Waals surface area contributed by atoms with Crippen molar-refractivity contribution < 1.29 is 13.2 Å². The molecule has 0 spiro atoms. The number of rotatable bonds is 2. The fourth-order valence-electron chi connectivity index (χ4n) is 1.60. The monoisotopic (exact) mass is 261 g/mol. The fraction of sp³-hybridized carbons (Fsp3) is 0.300. The SMILES string of the molecule is CSc1ccc2c(c1)nc(N)n2CC(F)(F)F. The maximum atomic E-state index is 12.4. The molecular weight excluding hydrogens is 251 g/mol. The lowest BCUT2D eigenvalue weighted by Gasteiger charge is -2.09. The molecule has 7 heteroatoms. The Morgan fingerprint density at radius 1 is 1.41 bits per heavy atom. The highest BCUT2D eigenvalue weighted by Gasteiger charge is 2.29. The number of fused-ring (bicyclic) bond motifs is 1. The second kappa shape index (κ2) is 4.14. The van der Waals surface area contributed by atoms with Gasteiger partial charge in [0.25, 0.3) is 0 Å². The van der Waals surface area contributed by atoms with Crippen molar-refractivity contribution in [2.24, 2.45) is 0 Å². The molecule has 0 aliphatic heterocycles. The topological polar surface area (TPSA) is 43.8 Å². The Kier molecular flexibility index (Phi) is 2.94. The van der Waals surface area contributed by atoms with E-state index in [1.54, 1.807) is 18.2 Å². The molecule has 3 nitrogen and oxygen atoms in total. The maximum absolute atomic E-state index is 12.4. The number of hydrogen-bond acceptors (Lipinski definition) is 3. The lowest BCUT2D eigenvalue weighted by atomic mass is 10.3. The number of hydrogen-bond donors (Lipinski definition) is 1. The van der Waals surface area contributed by atoms with E-state index in [-0.39, 0.29) is 5.95 Å². The Morgan fingerprint density at radius 2 is 2.12 bits per heavy atom. The highest BCUT2D eigenvalue weighted by atomic mass is 32.2. The highest BCUT2D eigenvalue weighted by molar-refractivity contribution is 7.98. The van der Waals surface area contributed by atoms with Crippen LogP contribution in [0.5, 0.6) is 0 Å². The van der Waals surface area contributed by atoms with Crippen LogP contribution in [0.4, 0.5) is 19.1 Å². The van der Waals surface area contributed by atoms with Crippen LogP contribution in [0.25, 0.3) is 11.0 Å². The first-order valence-corrected chi connectivity index (χ1v) is 5.99. The number of imidazole rings is 1. The second-order valence-corrected chi connectivity index (χ2v) is 4.41. The Labute approximate surface area is 99.8 Å². The van der Waals surface area contributed by atoms with Crippen LogP contribution >= 0.6 is 11.8 Å². The van der Waals surface area contributed by atoms with Crippen molar-refractivity contribution >= 4 is 28.7 Å². The van der Waals surface area contributed by atoms with Gasteiger partial charge in [0.2, 0.25) is 5.95 Å². The minimum absolute atomic E-state index is 0.115. The predicted octanol–water partition coefficient (Wildman–Crippen LogP) is 2.90. The summed E-state index contributed by atoms with van der Waals surface area (Å²) in [6.07, 6.45) is -2.42. The van der Waals surface area contributed by atoms with Crippen molar-refractivity contribution in [2.45, 2.75) is 17.6 Å². The van der Waals surface area contributed by atoms with Crippen molar-refractivity contribution in [3.8, 4) is 0 Å². The molecule has 0 fully saturated rings. The first-order chi connectivity index (χ1) is 7.90. The molecule has 92 valence electrons. The highest BCUT2D eigenvalue weighted by Crippen LogP contribution is 2.27. The van der Waals surface area contributed by atoms with Crippen molar-refractivity contribution in [3.05, 3.63) is 18.2 Å². The molecule has 0 bridgehead atoms. The van der Waals surface area contributed by atoms with Gasteiger partial charge in [-0.3, -0.25) is 0 Å². The van der Waals surface area contributed by atoms with E-state index in [0.29, 0.717) is 11.0 Å². The molecule has 1 heterocycles. The van der Waals surface area contributed by atoms with Gasteiger partial charge in [0.05, 0.1) is 11.0 Å². The third-order valence-electron chi connectivity index (χ3n) is 2.32. The fourth-order valence-corrected chi connectivity index (χ4v) is 2.03. The summed E-state index contributed by atoms with van der Waals surface area (Å²) in [5.41, 5.74) is 6.38. The number of nitrogens with zero attached hydrogens (tertiary/aromatic N) is 2. The Hall–Kier alpha value is -1.37. The molecule has 17 heavy (non-hydrogen) atoms. The zero-order chi connectivity index (χ0) is 12.6. The number of halogens is 3. The van der Waals surface area contributed by atoms with Crippen LogP contribution < -0.4 is 5.73 Å². The third kappa shape index (κ3) is 2.49. The molecule has 0 amide bonds. The van der Waals surface area contributed by atoms with Crippen molar-refractivity contribution in [1.82, 2.24) is 9.55 Å². The molecule has 0 aliphatic rings. The van der Waals surface area contributed by atoms with Crippen LogP contribution in [-0.2, 0) is 6.54 Å². The van der Waals surface area contributed by atoms with Gasteiger partial charge >= 0.3 is 6.18 Å². The van der Waals surface area contributed by atoms with Crippen LogP contribution in [0.15, 0.2) is 23.1 Å². The average molecular weight is 261 g/mol. The van der Waals surface area contributed by atoms with Gasteiger partial charge < -0.3 is 10.3 Å². The van der Waals surface area contributed by atoms with Gasteiger partial charge in [0.1, 0.15) is 6.54 Å². The van der Waals surface area contributed by atoms with Crippen LogP contribution in [-0.4, -0.2) is 22.0 Å². The van der Waals surface area contributed by atoms with E-state index in [2.05, 4.69) is 4.98 Å². The standard InChI is InChI=1S/C10H10F3N3S/c1-17-6-2-3-8-7(4-6)15-9(14)16(8)5-10(11,12)13/h2-4H,5H2,1H3,(H2,14,15). The number of alkyl halides is 3. The lowest BCUT2D eigenvalue weighted by molar-refractivity contribution is -0.139. The summed E-state index contributed by atoms with van der Waals surface area (Å²) in [5.74, 6) is -0.115. The van der Waals surface area contributed by atoms with Crippen molar-refractivity contribution in [3.63, 3.8) is 0 Å². The lowest BCUT2D eigenvalue weighted by Crippen LogP contribution is -2.19. The summed E-state index contributed by atoms with van der Waals surface area (Å²) in [7, 11) is 0. The number of anilines is 1. The molecule has 0 atom stereocenters. The number of benzene rings is 1. The minimum atomic E-state index is -4.31. The van der Waals surface area contributed by atoms with E-state index in [0.717, 1.165) is 9.46 Å². The molecule has 0 radical (unpaired) electrons. The Morgan fingerprint density at radius 3 is 2.71 bits per heavy atom. The van der Waals surface area contributed by atoms with Gasteiger partial charge in [-0.1, -0.05) is 0 Å². The summed E-state index contributed by atoms with van der Waals surface area (Å²) in [6, 6.07) is 5.08. The van der Waals surface area contributed by atoms with Gasteiger partial charge in [-0.2, -0.15) is 13.2 Å². The summed E-state index contributed by atoms with van der Waals surface area (Å²) < 4.78 is 38.1. The first-order valence-electron chi connectivity index (χ1n) is 4.77. The summed E-state index contributed by atoms with van der Waals surface area (Å²) in [4.78, 5) is 4.87. The van der Waals surface area contributed by atoms with Gasteiger partial charge in [0.15, 0.2) is 0 Å². The normalized spacial score (nSPS) is 12.2. The molecule has 2 N–H and O–H groups in total. The number of thioether (sulfide) groups is 1. The zero-order valence-electron chi connectivity index (χ0n) is 8.95. The van der Waals surface area contributed by atoms with E-state index in [1.807, 2.05) is 6.26 Å². The zero-order valence-corrected chi connectivity index (χ0v) is 9.77. The minimum Gasteiger partial charge on any atom is -0.369 e. The quantitative estimate of drug-likeness (QED) is 0.845. The molecule has 1 aromatic carbocycles. The van der Waals surface area contributed by atoms with E-state index < -0.39 is 12.7 Å². The molecule has 0 saturated carbocycles. The van der Waals surface area contributed by atoms with Crippen LogP contribution in [0, 0.1) is 0 Å². The van der Waals surface area contributed by atoms with E-state index in [1.165, 1.54) is 11.8 Å². The largest absolute Gasteiger partial charge is 0.406 e. The maximum Gasteiger partial charge on any atom is 0.406 e. The number of nitrogen functional groups attached to an aromatic ring is 1. The molecule has 0 unspecified atom stereocenters. The molecule has 2 rings (SSSR count). The smallest absolute Gasteiger partial charge is 0.369 e. The van der Waals surface area contributed by atoms with Crippen molar-refractivity contribution in [1.29, 1.82) is 0 Å².